The number of nitrogens with zero attached hydrogens (tertiary/aromatic N) is 4. The number of amides is 5. The van der Waals surface area contributed by atoms with Crippen molar-refractivity contribution in [2.45, 2.75) is 51.2 Å². The van der Waals surface area contributed by atoms with Crippen LogP contribution in [-0.4, -0.2) is 69.9 Å². The number of rotatable bonds is 4. The summed E-state index contributed by atoms with van der Waals surface area (Å²) in [4.78, 5) is 49.6. The molecule has 2 atom stereocenters. The van der Waals surface area contributed by atoms with Crippen molar-refractivity contribution in [1.29, 1.82) is 0 Å². The van der Waals surface area contributed by atoms with Crippen LogP contribution < -0.4 is 15.5 Å². The number of benzodiazepines with no additional fused rings is 1. The molecule has 3 heterocycles. The lowest BCUT2D eigenvalue weighted by Gasteiger charge is -2.43. The average Bonchev–Trinajstić information content (AvgIpc) is 3.11. The first-order chi connectivity index (χ1) is 20.7. The number of carbonyl (C=O) groups excluding carboxylic acids is 3. The molecule has 0 aliphatic carbocycles. The van der Waals surface area contributed by atoms with Gasteiger partial charge in [-0.25, -0.2) is 19.0 Å². The van der Waals surface area contributed by atoms with Gasteiger partial charge in [0.15, 0.2) is 6.23 Å². The Balaban J connectivity index is 1.22. The van der Waals surface area contributed by atoms with Gasteiger partial charge in [0.05, 0.1) is 17.1 Å². The van der Waals surface area contributed by atoms with E-state index < -0.39 is 30.1 Å². The molecule has 43 heavy (non-hydrogen) atoms. The van der Waals surface area contributed by atoms with Gasteiger partial charge in [0, 0.05) is 41.9 Å². The summed E-state index contributed by atoms with van der Waals surface area (Å²) in [6.07, 6.45) is -1.44. The number of para-hydroxylation sites is 2. The maximum Gasteiger partial charge on any atom is 0.324 e. The summed E-state index contributed by atoms with van der Waals surface area (Å²) < 4.78 is 14.3. The monoisotopic (exact) mass is 584 g/mol. The predicted octanol–water partition coefficient (Wildman–Crippen LogP) is 4.46. The molecule has 3 N–H and O–H groups in total. The van der Waals surface area contributed by atoms with E-state index >= 15 is 0 Å². The molecule has 3 aliphatic rings. The molecule has 3 aromatic rings. The van der Waals surface area contributed by atoms with E-state index in [2.05, 4.69) is 10.6 Å². The number of nitrogens with one attached hydrogen (secondary N) is 2. The third-order valence-electron chi connectivity index (χ3n) is 8.15. The van der Waals surface area contributed by atoms with E-state index in [0.29, 0.717) is 59.7 Å². The molecule has 0 aromatic heterocycles. The number of anilines is 2. The van der Waals surface area contributed by atoms with Gasteiger partial charge in [-0.2, -0.15) is 0 Å². The van der Waals surface area contributed by atoms with Gasteiger partial charge in [0.1, 0.15) is 5.82 Å². The lowest BCUT2D eigenvalue weighted by atomic mass is 9.99. The highest BCUT2D eigenvalue weighted by molar-refractivity contribution is 6.20. The molecule has 5 amide bonds. The van der Waals surface area contributed by atoms with E-state index in [9.17, 15) is 23.9 Å². The molecule has 222 valence electrons. The number of fused-ring (bicyclic) bond motifs is 2. The lowest BCUT2D eigenvalue weighted by molar-refractivity contribution is -0.120. The largest absolute Gasteiger partial charge is 0.369 e. The smallest absolute Gasteiger partial charge is 0.324 e. The van der Waals surface area contributed by atoms with Crippen LogP contribution >= 0.6 is 0 Å². The van der Waals surface area contributed by atoms with Crippen molar-refractivity contribution < 1.29 is 23.9 Å². The number of piperidine rings is 1. The van der Waals surface area contributed by atoms with Crippen LogP contribution in [0.1, 0.15) is 49.6 Å². The standard InChI is InChI=1S/C32H33FN6O4/c1-19(2)38-26-13-6-4-11-24(26)27(20-8-7-9-21(33)18-20)35-28(30(38)41)36-31(42)37-16-14-22(15-17-37)39-29(40)23-10-3-5-12-25(23)34-32(39)43/h3-13,18-19,22,28-29,40H,14-17H2,1-2H3,(H,34,43)(H,36,42). The first-order valence-corrected chi connectivity index (χ1v) is 14.4. The number of hydrogen-bond donors (Lipinski definition) is 3. The highest BCUT2D eigenvalue weighted by Crippen LogP contribution is 2.35. The number of aliphatic hydroxyl groups excluding tert-OH is 1. The maximum atomic E-state index is 14.3. The Kier molecular flexibility index (Phi) is 7.57. The Morgan fingerprint density at radius 1 is 1.02 bits per heavy atom. The molecule has 0 radical (unpaired) electrons. The van der Waals surface area contributed by atoms with Crippen LogP contribution in [0.3, 0.4) is 0 Å². The highest BCUT2D eigenvalue weighted by atomic mass is 19.1. The molecule has 6 rings (SSSR count). The Morgan fingerprint density at radius 3 is 2.49 bits per heavy atom. The Labute approximate surface area is 248 Å². The van der Waals surface area contributed by atoms with Gasteiger partial charge in [-0.1, -0.05) is 48.5 Å². The van der Waals surface area contributed by atoms with Gasteiger partial charge in [-0.05, 0) is 51.0 Å². The van der Waals surface area contributed by atoms with Crippen LogP contribution in [0.5, 0.6) is 0 Å². The Morgan fingerprint density at radius 2 is 1.74 bits per heavy atom. The minimum Gasteiger partial charge on any atom is -0.369 e. The Hall–Kier alpha value is -4.77. The molecule has 0 saturated carbocycles. The average molecular weight is 585 g/mol. The van der Waals surface area contributed by atoms with Gasteiger partial charge < -0.3 is 25.5 Å². The summed E-state index contributed by atoms with van der Waals surface area (Å²) in [5.41, 5.74) is 3.39. The summed E-state index contributed by atoms with van der Waals surface area (Å²) in [5.74, 6) is -0.836. The van der Waals surface area contributed by atoms with Crippen molar-refractivity contribution in [3.63, 3.8) is 0 Å². The molecule has 3 aliphatic heterocycles. The van der Waals surface area contributed by atoms with E-state index in [1.807, 2.05) is 38.1 Å². The van der Waals surface area contributed by atoms with Crippen molar-refractivity contribution in [3.05, 3.63) is 95.3 Å². The molecule has 3 aromatic carbocycles. The van der Waals surface area contributed by atoms with Crippen LogP contribution in [0.15, 0.2) is 77.8 Å². The molecular formula is C32H33FN6O4. The van der Waals surface area contributed by atoms with Gasteiger partial charge in [-0.15, -0.1) is 0 Å². The van der Waals surface area contributed by atoms with Crippen LogP contribution in [-0.2, 0) is 4.79 Å². The quantitative estimate of drug-likeness (QED) is 0.420. The fourth-order valence-electron chi connectivity index (χ4n) is 6.08. The minimum atomic E-state index is -1.25. The molecule has 2 unspecified atom stereocenters. The number of halogens is 1. The van der Waals surface area contributed by atoms with Gasteiger partial charge in [0.2, 0.25) is 6.17 Å². The summed E-state index contributed by atoms with van der Waals surface area (Å²) in [6.45, 7) is 4.39. The molecule has 1 saturated heterocycles. The van der Waals surface area contributed by atoms with E-state index in [1.165, 1.54) is 17.0 Å². The maximum absolute atomic E-state index is 14.3. The van der Waals surface area contributed by atoms with E-state index in [-0.39, 0.29) is 18.1 Å². The zero-order valence-electron chi connectivity index (χ0n) is 23.9. The first-order valence-electron chi connectivity index (χ1n) is 14.4. The van der Waals surface area contributed by atoms with Gasteiger partial charge in [0.25, 0.3) is 5.91 Å². The highest BCUT2D eigenvalue weighted by Gasteiger charge is 2.39. The molecule has 10 nitrogen and oxygen atoms in total. The van der Waals surface area contributed by atoms with E-state index in [0.717, 1.165) is 0 Å². The van der Waals surface area contributed by atoms with Crippen molar-refractivity contribution in [1.82, 2.24) is 15.1 Å². The van der Waals surface area contributed by atoms with Crippen LogP contribution in [0.2, 0.25) is 0 Å². The molecule has 11 heteroatoms. The predicted molar refractivity (Wildman–Crippen MR) is 160 cm³/mol. The van der Waals surface area contributed by atoms with Crippen LogP contribution in [0.4, 0.5) is 25.4 Å². The second kappa shape index (κ2) is 11.5. The molecule has 0 bridgehead atoms. The van der Waals surface area contributed by atoms with Crippen LogP contribution in [0, 0.1) is 5.82 Å². The van der Waals surface area contributed by atoms with Crippen molar-refractivity contribution in [2.24, 2.45) is 4.99 Å². The number of urea groups is 2. The SMILES string of the molecule is CC(C)N1C(=O)C(NC(=O)N2CCC(N3C(=O)Nc4ccccc4C3O)CC2)N=C(c2cccc(F)c2)c2ccccc21. The number of carbonyl (C=O) groups is 3. The topological polar surface area (TPSA) is 118 Å². The van der Waals surface area contributed by atoms with Gasteiger partial charge >= 0.3 is 12.1 Å². The fourth-order valence-corrected chi connectivity index (χ4v) is 6.08. The third-order valence-corrected chi connectivity index (χ3v) is 8.15. The van der Waals surface area contributed by atoms with E-state index in [4.69, 9.17) is 4.99 Å². The third kappa shape index (κ3) is 5.32. The summed E-state index contributed by atoms with van der Waals surface area (Å²) >= 11 is 0. The zero-order chi connectivity index (χ0) is 30.2. The normalized spacial score (nSPS) is 20.7. The first kappa shape index (κ1) is 28.4. The summed E-state index contributed by atoms with van der Waals surface area (Å²) in [7, 11) is 0. The Bertz CT molecular complexity index is 1600. The number of hydrogen-bond acceptors (Lipinski definition) is 5. The number of benzene rings is 3. The van der Waals surface area contributed by atoms with Crippen molar-refractivity contribution >= 4 is 35.1 Å². The molecular weight excluding hydrogens is 551 g/mol. The van der Waals surface area contributed by atoms with Crippen molar-refractivity contribution in [2.75, 3.05) is 23.3 Å². The fraction of sp³-hybridized carbons (Fsp3) is 0.312. The minimum absolute atomic E-state index is 0.238. The molecule has 1 fully saturated rings. The number of aliphatic imine (C=N–C) groups is 1. The second-order valence-corrected chi connectivity index (χ2v) is 11.2. The number of aliphatic hydroxyl groups is 1. The van der Waals surface area contributed by atoms with Crippen molar-refractivity contribution in [3.8, 4) is 0 Å². The second-order valence-electron chi connectivity index (χ2n) is 11.2. The van der Waals surface area contributed by atoms with E-state index in [1.54, 1.807) is 46.2 Å². The summed E-state index contributed by atoms with van der Waals surface area (Å²) in [6, 6.07) is 19.1. The zero-order valence-corrected chi connectivity index (χ0v) is 23.9. The summed E-state index contributed by atoms with van der Waals surface area (Å²) in [5, 5.41) is 16.6. The lowest BCUT2D eigenvalue weighted by Crippen LogP contribution is -2.56. The molecule has 0 spiro atoms. The van der Waals surface area contributed by atoms with Gasteiger partial charge in [-0.3, -0.25) is 9.69 Å². The van der Waals surface area contributed by atoms with Crippen LogP contribution in [0.25, 0.3) is 0 Å². The number of likely N-dealkylation sites (tertiary alicyclic amines) is 1.